The zero-order valence-corrected chi connectivity index (χ0v) is 10.9. The van der Waals surface area contributed by atoms with E-state index < -0.39 is 5.41 Å². The Balaban J connectivity index is 1.97. The number of aliphatic hydroxyl groups is 1. The Hall–Kier alpha value is -1.19. The number of hydrogen-bond acceptors (Lipinski definition) is 3. The SMILES string of the molecule is O=C1CCC(O)[C@H]2[C@H]3Cc4ccccc4[C@@]12CCN3. The van der Waals surface area contributed by atoms with E-state index in [0.29, 0.717) is 18.6 Å². The summed E-state index contributed by atoms with van der Waals surface area (Å²) in [4.78, 5) is 12.7. The Morgan fingerprint density at radius 2 is 2.16 bits per heavy atom. The maximum atomic E-state index is 12.7. The van der Waals surface area contributed by atoms with Crippen molar-refractivity contribution in [1.82, 2.24) is 5.32 Å². The molecule has 2 bridgehead atoms. The molecular weight excluding hydrogens is 238 g/mol. The molecule has 1 aliphatic heterocycles. The first-order valence-corrected chi connectivity index (χ1v) is 7.26. The molecule has 1 saturated carbocycles. The summed E-state index contributed by atoms with van der Waals surface area (Å²) in [7, 11) is 0. The summed E-state index contributed by atoms with van der Waals surface area (Å²) in [5.41, 5.74) is 2.07. The number of Topliss-reactive ketones (excluding diaryl/α,β-unsaturated/α-hetero) is 1. The number of hydrogen-bond donors (Lipinski definition) is 2. The number of rotatable bonds is 0. The van der Waals surface area contributed by atoms with Crippen molar-refractivity contribution in [2.45, 2.75) is 43.2 Å². The van der Waals surface area contributed by atoms with Crippen LogP contribution in [0.5, 0.6) is 0 Å². The summed E-state index contributed by atoms with van der Waals surface area (Å²) < 4.78 is 0. The third-order valence-electron chi connectivity index (χ3n) is 5.45. The molecule has 1 aromatic rings. The van der Waals surface area contributed by atoms with Gasteiger partial charge in [-0.15, -0.1) is 0 Å². The molecule has 1 aromatic carbocycles. The number of fused-ring (bicyclic) bond motifs is 1. The molecule has 0 spiro atoms. The summed E-state index contributed by atoms with van der Waals surface area (Å²) in [6, 6.07) is 8.58. The van der Waals surface area contributed by atoms with Gasteiger partial charge in [-0.25, -0.2) is 0 Å². The van der Waals surface area contributed by atoms with Crippen molar-refractivity contribution in [3.63, 3.8) is 0 Å². The second kappa shape index (κ2) is 3.90. The molecule has 2 N–H and O–H groups in total. The fourth-order valence-corrected chi connectivity index (χ4v) is 4.73. The van der Waals surface area contributed by atoms with Crippen LogP contribution in [-0.2, 0) is 16.6 Å². The summed E-state index contributed by atoms with van der Waals surface area (Å²) >= 11 is 0. The van der Waals surface area contributed by atoms with Crippen molar-refractivity contribution in [3.05, 3.63) is 35.4 Å². The van der Waals surface area contributed by atoms with Crippen LogP contribution in [0.15, 0.2) is 24.3 Å². The van der Waals surface area contributed by atoms with E-state index in [-0.39, 0.29) is 18.1 Å². The van der Waals surface area contributed by atoms with Gasteiger partial charge in [0.25, 0.3) is 0 Å². The van der Waals surface area contributed by atoms with E-state index in [1.807, 2.05) is 6.07 Å². The van der Waals surface area contributed by atoms with Gasteiger partial charge in [0.2, 0.25) is 0 Å². The van der Waals surface area contributed by atoms with E-state index in [1.165, 1.54) is 11.1 Å². The van der Waals surface area contributed by atoms with Crippen LogP contribution in [0.25, 0.3) is 0 Å². The summed E-state index contributed by atoms with van der Waals surface area (Å²) in [5.74, 6) is 0.416. The number of benzene rings is 1. The van der Waals surface area contributed by atoms with E-state index >= 15 is 0 Å². The molecule has 2 fully saturated rings. The van der Waals surface area contributed by atoms with Crippen LogP contribution in [0, 0.1) is 5.92 Å². The lowest BCUT2D eigenvalue weighted by Crippen LogP contribution is -2.66. The van der Waals surface area contributed by atoms with E-state index in [9.17, 15) is 9.90 Å². The predicted octanol–water partition coefficient (Wildman–Crippen LogP) is 1.18. The average molecular weight is 257 g/mol. The van der Waals surface area contributed by atoms with Gasteiger partial charge in [-0.1, -0.05) is 24.3 Å². The minimum Gasteiger partial charge on any atom is -0.393 e. The number of piperidine rings is 1. The Kier molecular flexibility index (Phi) is 2.39. The first-order valence-electron chi connectivity index (χ1n) is 7.26. The number of carbonyl (C=O) groups excluding carboxylic acids is 1. The van der Waals surface area contributed by atoms with Crippen LogP contribution in [0.3, 0.4) is 0 Å². The summed E-state index contributed by atoms with van der Waals surface area (Å²) in [5, 5.41) is 14.0. The molecule has 1 saturated heterocycles. The molecule has 2 aliphatic carbocycles. The molecule has 1 heterocycles. The fourth-order valence-electron chi connectivity index (χ4n) is 4.73. The molecule has 0 amide bonds. The highest BCUT2D eigenvalue weighted by atomic mass is 16.3. The maximum absolute atomic E-state index is 12.7. The van der Waals surface area contributed by atoms with Crippen LogP contribution in [0.2, 0.25) is 0 Å². The van der Waals surface area contributed by atoms with Gasteiger partial charge in [-0.2, -0.15) is 0 Å². The minimum absolute atomic E-state index is 0.0670. The third kappa shape index (κ3) is 1.37. The lowest BCUT2D eigenvalue weighted by Gasteiger charge is -2.56. The molecule has 3 nitrogen and oxygen atoms in total. The zero-order valence-electron chi connectivity index (χ0n) is 10.9. The van der Waals surface area contributed by atoms with E-state index in [2.05, 4.69) is 23.5 Å². The van der Waals surface area contributed by atoms with Gasteiger partial charge in [0, 0.05) is 18.4 Å². The Morgan fingerprint density at radius 1 is 1.32 bits per heavy atom. The van der Waals surface area contributed by atoms with Crippen LogP contribution >= 0.6 is 0 Å². The lowest BCUT2D eigenvalue weighted by atomic mass is 9.51. The Labute approximate surface area is 113 Å². The monoisotopic (exact) mass is 257 g/mol. The molecule has 4 atom stereocenters. The van der Waals surface area contributed by atoms with Crippen molar-refractivity contribution >= 4 is 5.78 Å². The Bertz CT molecular complexity index is 541. The van der Waals surface area contributed by atoms with Crippen molar-refractivity contribution in [1.29, 1.82) is 0 Å². The highest BCUT2D eigenvalue weighted by Gasteiger charge is 2.59. The maximum Gasteiger partial charge on any atom is 0.144 e. The van der Waals surface area contributed by atoms with Gasteiger partial charge in [-0.05, 0) is 36.9 Å². The highest BCUT2D eigenvalue weighted by molar-refractivity contribution is 5.92. The number of ketones is 1. The highest BCUT2D eigenvalue weighted by Crippen LogP contribution is 2.51. The standard InChI is InChI=1S/C16H19NO2/c18-13-5-6-14(19)16-7-8-17-12(15(13)16)9-10-3-1-2-4-11(10)16/h1-4,12-13,15,17-18H,5-9H2/t12-,13?,15-,16+/m1/s1. The van der Waals surface area contributed by atoms with Crippen LogP contribution in [-0.4, -0.2) is 29.6 Å². The van der Waals surface area contributed by atoms with Gasteiger partial charge in [0.1, 0.15) is 5.78 Å². The van der Waals surface area contributed by atoms with Gasteiger partial charge >= 0.3 is 0 Å². The van der Waals surface area contributed by atoms with Gasteiger partial charge in [0.15, 0.2) is 0 Å². The molecule has 100 valence electrons. The third-order valence-corrected chi connectivity index (χ3v) is 5.45. The molecule has 0 aromatic heterocycles. The second-order valence-corrected chi connectivity index (χ2v) is 6.20. The molecule has 19 heavy (non-hydrogen) atoms. The van der Waals surface area contributed by atoms with Crippen LogP contribution in [0.1, 0.15) is 30.4 Å². The van der Waals surface area contributed by atoms with E-state index in [4.69, 9.17) is 0 Å². The molecule has 1 unspecified atom stereocenters. The van der Waals surface area contributed by atoms with Crippen molar-refractivity contribution in [3.8, 4) is 0 Å². The summed E-state index contributed by atoms with van der Waals surface area (Å²) in [6.07, 6.45) is 2.59. The smallest absolute Gasteiger partial charge is 0.144 e. The average Bonchev–Trinajstić information content (AvgIpc) is 2.43. The van der Waals surface area contributed by atoms with E-state index in [1.54, 1.807) is 0 Å². The quantitative estimate of drug-likeness (QED) is 0.734. The topological polar surface area (TPSA) is 49.3 Å². The first kappa shape index (κ1) is 11.6. The number of carbonyl (C=O) groups is 1. The van der Waals surface area contributed by atoms with Crippen molar-refractivity contribution in [2.24, 2.45) is 5.92 Å². The molecule has 0 radical (unpaired) electrons. The molecule has 3 aliphatic rings. The fraction of sp³-hybridized carbons (Fsp3) is 0.562. The lowest BCUT2D eigenvalue weighted by molar-refractivity contribution is -0.139. The zero-order chi connectivity index (χ0) is 13.0. The number of aliphatic hydroxyl groups excluding tert-OH is 1. The molecule has 3 heteroatoms. The number of nitrogens with one attached hydrogen (secondary N) is 1. The van der Waals surface area contributed by atoms with Crippen molar-refractivity contribution < 1.29 is 9.90 Å². The molecular formula is C16H19NO2. The van der Waals surface area contributed by atoms with Crippen LogP contribution < -0.4 is 5.32 Å². The second-order valence-electron chi connectivity index (χ2n) is 6.20. The van der Waals surface area contributed by atoms with Gasteiger partial charge in [0.05, 0.1) is 11.5 Å². The van der Waals surface area contributed by atoms with Gasteiger partial charge in [-0.3, -0.25) is 4.79 Å². The Morgan fingerprint density at radius 3 is 3.05 bits per heavy atom. The first-order chi connectivity index (χ1) is 9.23. The molecule has 4 rings (SSSR count). The van der Waals surface area contributed by atoms with Crippen molar-refractivity contribution in [2.75, 3.05) is 6.54 Å². The normalized spacial score (nSPS) is 40.5. The van der Waals surface area contributed by atoms with Gasteiger partial charge < -0.3 is 10.4 Å². The van der Waals surface area contributed by atoms with Crippen LogP contribution in [0.4, 0.5) is 0 Å². The largest absolute Gasteiger partial charge is 0.393 e. The summed E-state index contributed by atoms with van der Waals surface area (Å²) in [6.45, 7) is 0.883. The predicted molar refractivity (Wildman–Crippen MR) is 72.0 cm³/mol. The minimum atomic E-state index is -0.414. The van der Waals surface area contributed by atoms with E-state index in [0.717, 1.165) is 19.4 Å².